The van der Waals surface area contributed by atoms with Crippen molar-refractivity contribution in [1.82, 2.24) is 14.7 Å². The summed E-state index contributed by atoms with van der Waals surface area (Å²) >= 11 is 0. The molecular weight excluding hydrogens is 338 g/mol. The van der Waals surface area contributed by atoms with Gasteiger partial charge in [-0.3, -0.25) is 4.68 Å². The summed E-state index contributed by atoms with van der Waals surface area (Å²) in [5.41, 5.74) is 1.85. The lowest BCUT2D eigenvalue weighted by atomic mass is 10.1. The Morgan fingerprint density at radius 1 is 1.38 bits per heavy atom. The lowest BCUT2D eigenvalue weighted by molar-refractivity contribution is 0.0687. The minimum atomic E-state index is -1.10. The molecule has 0 saturated carbocycles. The molecule has 1 aromatic carbocycles. The van der Waals surface area contributed by atoms with E-state index in [1.54, 1.807) is 31.2 Å². The molecule has 134 valence electrons. The molecule has 9 heteroatoms. The Balaban J connectivity index is 1.85. The summed E-state index contributed by atoms with van der Waals surface area (Å²) in [7, 11) is 0. The van der Waals surface area contributed by atoms with Gasteiger partial charge in [0.15, 0.2) is 0 Å². The van der Waals surface area contributed by atoms with Crippen molar-refractivity contribution in [3.8, 4) is 6.07 Å². The third-order valence-corrected chi connectivity index (χ3v) is 4.33. The molecule has 0 aliphatic carbocycles. The first-order valence-corrected chi connectivity index (χ1v) is 7.92. The highest BCUT2D eigenvalue weighted by Crippen LogP contribution is 2.24. The maximum Gasteiger partial charge on any atom is 0.339 e. The van der Waals surface area contributed by atoms with Gasteiger partial charge in [0.2, 0.25) is 0 Å². The number of aryl methyl sites for hydroxylation is 1. The van der Waals surface area contributed by atoms with Crippen LogP contribution in [0.1, 0.15) is 27.3 Å². The van der Waals surface area contributed by atoms with E-state index in [1.807, 2.05) is 6.07 Å². The molecule has 3 N–H and O–H groups in total. The number of hydrogen-bond donors (Lipinski definition) is 3. The smallest absolute Gasteiger partial charge is 0.339 e. The molecule has 9 nitrogen and oxygen atoms in total. The first-order valence-electron chi connectivity index (χ1n) is 7.92. The number of fused-ring (bicyclic) bond motifs is 1. The number of hydrogen-bond acceptors (Lipinski definition) is 5. The number of benzene rings is 1. The van der Waals surface area contributed by atoms with Gasteiger partial charge in [-0.15, -0.1) is 0 Å². The number of aliphatic hydroxyl groups is 1. The fraction of sp³-hybridized carbons (Fsp3) is 0.294. The second kappa shape index (κ2) is 6.85. The van der Waals surface area contributed by atoms with Crippen LogP contribution in [0.4, 0.5) is 10.5 Å². The van der Waals surface area contributed by atoms with Gasteiger partial charge in [-0.05, 0) is 31.2 Å². The number of aliphatic hydroxyl groups excluding tert-OH is 1. The number of rotatable bonds is 3. The van der Waals surface area contributed by atoms with Gasteiger partial charge in [0.1, 0.15) is 5.56 Å². The van der Waals surface area contributed by atoms with Gasteiger partial charge in [0, 0.05) is 5.69 Å². The van der Waals surface area contributed by atoms with Gasteiger partial charge < -0.3 is 20.4 Å². The normalized spacial score (nSPS) is 15.9. The van der Waals surface area contributed by atoms with E-state index in [2.05, 4.69) is 10.4 Å². The molecule has 0 saturated heterocycles. The predicted octanol–water partition coefficient (Wildman–Crippen LogP) is 1.17. The number of carbonyl (C=O) groups excluding carboxylic acids is 1. The summed E-state index contributed by atoms with van der Waals surface area (Å²) in [5, 5.41) is 34.8. The molecule has 1 aromatic heterocycles. The van der Waals surface area contributed by atoms with Crippen LogP contribution in [-0.4, -0.2) is 49.5 Å². The zero-order valence-corrected chi connectivity index (χ0v) is 14.0. The number of nitrogens with zero attached hydrogens (tertiary/aromatic N) is 4. The summed E-state index contributed by atoms with van der Waals surface area (Å²) in [6.07, 6.45) is 0. The van der Waals surface area contributed by atoms with Crippen LogP contribution in [0.3, 0.4) is 0 Å². The van der Waals surface area contributed by atoms with E-state index in [4.69, 9.17) is 5.26 Å². The van der Waals surface area contributed by atoms with Crippen molar-refractivity contribution in [3.05, 3.63) is 46.8 Å². The van der Waals surface area contributed by atoms with Gasteiger partial charge in [0.25, 0.3) is 0 Å². The molecule has 1 unspecified atom stereocenters. The largest absolute Gasteiger partial charge is 0.478 e. The number of urea groups is 1. The summed E-state index contributed by atoms with van der Waals surface area (Å²) < 4.78 is 1.53. The van der Waals surface area contributed by atoms with Gasteiger partial charge in [-0.25, -0.2) is 9.59 Å². The average Bonchev–Trinajstić information content (AvgIpc) is 2.95. The van der Waals surface area contributed by atoms with Crippen molar-refractivity contribution in [2.45, 2.75) is 26.1 Å². The van der Waals surface area contributed by atoms with Gasteiger partial charge in [-0.1, -0.05) is 0 Å². The van der Waals surface area contributed by atoms with E-state index < -0.39 is 18.0 Å². The number of aromatic carboxylic acids is 1. The summed E-state index contributed by atoms with van der Waals surface area (Å²) in [6.45, 7) is 1.56. The molecule has 2 amide bonds. The zero-order chi connectivity index (χ0) is 18.8. The van der Waals surface area contributed by atoms with E-state index in [1.165, 1.54) is 9.58 Å². The third kappa shape index (κ3) is 3.10. The molecule has 1 aliphatic heterocycles. The van der Waals surface area contributed by atoms with Gasteiger partial charge >= 0.3 is 12.0 Å². The van der Waals surface area contributed by atoms with E-state index in [0.717, 1.165) is 0 Å². The Hall–Kier alpha value is -3.38. The topological polar surface area (TPSA) is 131 Å². The Labute approximate surface area is 149 Å². The number of anilines is 1. The van der Waals surface area contributed by atoms with Crippen molar-refractivity contribution in [3.63, 3.8) is 0 Å². The molecule has 2 aromatic rings. The molecular formula is C17H17N5O4. The average molecular weight is 355 g/mol. The monoisotopic (exact) mass is 355 g/mol. The first kappa shape index (κ1) is 17.4. The van der Waals surface area contributed by atoms with Crippen molar-refractivity contribution in [2.75, 3.05) is 11.9 Å². The Morgan fingerprint density at radius 2 is 2.08 bits per heavy atom. The van der Waals surface area contributed by atoms with E-state index in [-0.39, 0.29) is 25.3 Å². The number of nitriles is 1. The van der Waals surface area contributed by atoms with E-state index in [9.17, 15) is 19.8 Å². The Morgan fingerprint density at radius 3 is 2.65 bits per heavy atom. The maximum absolute atomic E-state index is 12.7. The van der Waals surface area contributed by atoms with Crippen molar-refractivity contribution >= 4 is 17.7 Å². The molecule has 0 radical (unpaired) electrons. The number of carbonyl (C=O) groups is 2. The van der Waals surface area contributed by atoms with Crippen LogP contribution in [-0.2, 0) is 13.1 Å². The van der Waals surface area contributed by atoms with Crippen LogP contribution in [0.5, 0.6) is 0 Å². The number of amides is 2. The lowest BCUT2D eigenvalue weighted by Gasteiger charge is -2.35. The predicted molar refractivity (Wildman–Crippen MR) is 90.5 cm³/mol. The molecule has 1 atom stereocenters. The van der Waals surface area contributed by atoms with Gasteiger partial charge in [-0.2, -0.15) is 10.4 Å². The highest BCUT2D eigenvalue weighted by molar-refractivity contribution is 5.92. The fourth-order valence-electron chi connectivity index (χ4n) is 3.03. The summed E-state index contributed by atoms with van der Waals surface area (Å²) in [6, 6.07) is 7.37. The van der Waals surface area contributed by atoms with Crippen molar-refractivity contribution < 1.29 is 19.8 Å². The first-order chi connectivity index (χ1) is 12.4. The zero-order valence-electron chi connectivity index (χ0n) is 14.0. The lowest BCUT2D eigenvalue weighted by Crippen LogP contribution is -2.50. The molecule has 0 bridgehead atoms. The van der Waals surface area contributed by atoms with Crippen LogP contribution >= 0.6 is 0 Å². The van der Waals surface area contributed by atoms with Crippen LogP contribution < -0.4 is 5.32 Å². The van der Waals surface area contributed by atoms with Crippen LogP contribution in [0.25, 0.3) is 0 Å². The van der Waals surface area contributed by atoms with E-state index >= 15 is 0 Å². The standard InChI is InChI=1S/C17H17N5O4/c1-10-15(16(24)25)14-8-21(13(9-23)7-22(14)20-10)17(26)19-12-4-2-11(6-18)3-5-12/h2-5,13,23H,7-9H2,1H3,(H,19,26)(H,24,25). The highest BCUT2D eigenvalue weighted by atomic mass is 16.4. The Bertz CT molecular complexity index is 897. The van der Waals surface area contributed by atoms with Crippen molar-refractivity contribution in [2.24, 2.45) is 0 Å². The van der Waals surface area contributed by atoms with Gasteiger partial charge in [0.05, 0.1) is 48.8 Å². The minimum Gasteiger partial charge on any atom is -0.478 e. The van der Waals surface area contributed by atoms with E-state index in [0.29, 0.717) is 22.6 Å². The highest BCUT2D eigenvalue weighted by Gasteiger charge is 2.34. The third-order valence-electron chi connectivity index (χ3n) is 4.33. The molecule has 0 fully saturated rings. The Kier molecular flexibility index (Phi) is 4.60. The number of carboxylic acids is 1. The van der Waals surface area contributed by atoms with Crippen LogP contribution in [0.2, 0.25) is 0 Å². The van der Waals surface area contributed by atoms with Crippen LogP contribution in [0, 0.1) is 18.3 Å². The number of carboxylic acid groups (broad SMARTS) is 1. The summed E-state index contributed by atoms with van der Waals surface area (Å²) in [4.78, 5) is 25.5. The molecule has 3 rings (SSSR count). The molecule has 1 aliphatic rings. The summed E-state index contributed by atoms with van der Waals surface area (Å²) in [5.74, 6) is -1.10. The minimum absolute atomic E-state index is 0.0236. The number of nitrogens with one attached hydrogen (secondary N) is 1. The SMILES string of the molecule is Cc1nn2c(c1C(=O)O)CN(C(=O)Nc1ccc(C#N)cc1)C(CO)C2. The second-order valence-electron chi connectivity index (χ2n) is 5.98. The molecule has 0 spiro atoms. The van der Waals surface area contributed by atoms with Crippen molar-refractivity contribution in [1.29, 1.82) is 5.26 Å². The maximum atomic E-state index is 12.7. The fourth-order valence-corrected chi connectivity index (χ4v) is 3.03. The molecule has 2 heterocycles. The quantitative estimate of drug-likeness (QED) is 0.757. The second-order valence-corrected chi connectivity index (χ2v) is 5.98. The number of aromatic nitrogens is 2. The molecule has 26 heavy (non-hydrogen) atoms. The van der Waals surface area contributed by atoms with Crippen LogP contribution in [0.15, 0.2) is 24.3 Å².